The molecule has 0 bridgehead atoms. The highest BCUT2D eigenvalue weighted by Gasteiger charge is 2.08. The van der Waals surface area contributed by atoms with Crippen molar-refractivity contribution in [3.63, 3.8) is 0 Å². The maximum Gasteiger partial charge on any atom is 0.145 e. The Hall–Kier alpha value is -1.59. The fourth-order valence-electron chi connectivity index (χ4n) is 2.56. The summed E-state index contributed by atoms with van der Waals surface area (Å²) in [4.78, 5) is 0. The van der Waals surface area contributed by atoms with E-state index in [1.807, 2.05) is 36.4 Å². The van der Waals surface area contributed by atoms with Crippen LogP contribution in [0.4, 0.5) is 0 Å². The van der Waals surface area contributed by atoms with E-state index in [9.17, 15) is 5.26 Å². The zero-order valence-electron chi connectivity index (χ0n) is 12.9. The third kappa shape index (κ3) is 3.57. The van der Waals surface area contributed by atoms with E-state index in [0.29, 0.717) is 5.57 Å². The predicted molar refractivity (Wildman–Crippen MR) is 116 cm³/mol. The Morgan fingerprint density at radius 3 is 2.29 bits per heavy atom. The monoisotopic (exact) mass is 537 g/mol. The fourth-order valence-corrected chi connectivity index (χ4v) is 4.82. The summed E-state index contributed by atoms with van der Waals surface area (Å²) in [5, 5.41) is 11.9. The Morgan fingerprint density at radius 1 is 1.00 bits per heavy atom. The van der Waals surface area contributed by atoms with Crippen molar-refractivity contribution in [2.75, 3.05) is 7.11 Å². The first kappa shape index (κ1) is 17.2. The molecule has 0 amide bonds. The van der Waals surface area contributed by atoms with Gasteiger partial charge in [-0.05, 0) is 91.4 Å². The highest BCUT2D eigenvalue weighted by molar-refractivity contribution is 14.1. The minimum Gasteiger partial charge on any atom is -0.495 e. The van der Waals surface area contributed by atoms with Crippen LogP contribution in [0.25, 0.3) is 22.4 Å². The summed E-state index contributed by atoms with van der Waals surface area (Å²) in [6, 6.07) is 20.7. The van der Waals surface area contributed by atoms with Crippen LogP contribution >= 0.6 is 45.2 Å². The molecule has 0 heterocycles. The van der Waals surface area contributed by atoms with E-state index in [2.05, 4.69) is 75.5 Å². The average molecular weight is 537 g/mol. The van der Waals surface area contributed by atoms with Gasteiger partial charge in [0.15, 0.2) is 0 Å². The quantitative estimate of drug-likeness (QED) is 0.229. The Balaban J connectivity index is 2.07. The van der Waals surface area contributed by atoms with Crippen LogP contribution in [0.3, 0.4) is 0 Å². The number of nitriles is 1. The predicted octanol–water partition coefficient (Wildman–Crippen LogP) is 6.12. The van der Waals surface area contributed by atoms with E-state index < -0.39 is 0 Å². The zero-order valence-corrected chi connectivity index (χ0v) is 17.2. The van der Waals surface area contributed by atoms with Gasteiger partial charge in [0.05, 0.1) is 25.9 Å². The number of fused-ring (bicyclic) bond motifs is 1. The summed E-state index contributed by atoms with van der Waals surface area (Å²) in [5.41, 5.74) is 2.57. The number of hydrogen-bond acceptors (Lipinski definition) is 2. The molecular weight excluding hydrogens is 524 g/mol. The molecular formula is C20H13I2NO. The first-order chi connectivity index (χ1) is 11.6. The summed E-state index contributed by atoms with van der Waals surface area (Å²) in [7, 11) is 1.67. The van der Waals surface area contributed by atoms with Gasteiger partial charge in [0.1, 0.15) is 5.75 Å². The molecule has 0 atom stereocenters. The fraction of sp³-hybridized carbons (Fsp3) is 0.0500. The maximum absolute atomic E-state index is 9.61. The highest BCUT2D eigenvalue weighted by Crippen LogP contribution is 2.30. The zero-order chi connectivity index (χ0) is 17.1. The first-order valence-corrected chi connectivity index (χ1v) is 9.42. The van der Waals surface area contributed by atoms with Gasteiger partial charge in [0.2, 0.25) is 0 Å². The van der Waals surface area contributed by atoms with Crippen molar-refractivity contribution in [1.29, 1.82) is 5.26 Å². The second-order valence-corrected chi connectivity index (χ2v) is 7.57. The van der Waals surface area contributed by atoms with Crippen molar-refractivity contribution < 1.29 is 4.74 Å². The highest BCUT2D eigenvalue weighted by atomic mass is 127. The molecule has 118 valence electrons. The minimum atomic E-state index is 0.650. The second kappa shape index (κ2) is 7.53. The third-order valence-electron chi connectivity index (χ3n) is 3.72. The van der Waals surface area contributed by atoms with Crippen LogP contribution in [-0.2, 0) is 0 Å². The molecule has 3 aromatic carbocycles. The average Bonchev–Trinajstić information content (AvgIpc) is 2.59. The lowest BCUT2D eigenvalue weighted by molar-refractivity contribution is 0.409. The van der Waals surface area contributed by atoms with Crippen LogP contribution in [0.15, 0.2) is 54.6 Å². The molecule has 0 aliphatic carbocycles. The molecule has 0 aromatic heterocycles. The van der Waals surface area contributed by atoms with Gasteiger partial charge in [-0.1, -0.05) is 36.4 Å². The third-order valence-corrected chi connectivity index (χ3v) is 5.32. The molecule has 0 aliphatic heterocycles. The standard InChI is InChI=1S/C20H13I2NO/c1-24-20-18(21)9-13(10-19(20)22)8-17(12-23)16-7-6-14-4-2-3-5-15(14)11-16/h2-11H,1H3/b17-8-. The van der Waals surface area contributed by atoms with E-state index in [1.54, 1.807) is 7.11 Å². The molecule has 4 heteroatoms. The second-order valence-electron chi connectivity index (χ2n) is 5.25. The number of methoxy groups -OCH3 is 1. The molecule has 0 saturated heterocycles. The molecule has 0 unspecified atom stereocenters. The SMILES string of the molecule is COc1c(I)cc(/C=C(/C#N)c2ccc3ccccc3c2)cc1I. The van der Waals surface area contributed by atoms with Crippen molar-refractivity contribution in [3.05, 3.63) is 72.9 Å². The van der Waals surface area contributed by atoms with E-state index in [0.717, 1.165) is 29.4 Å². The number of nitrogens with zero attached hydrogens (tertiary/aromatic N) is 1. The lowest BCUT2D eigenvalue weighted by Crippen LogP contribution is -1.92. The van der Waals surface area contributed by atoms with Gasteiger partial charge in [-0.2, -0.15) is 5.26 Å². The van der Waals surface area contributed by atoms with E-state index in [1.165, 1.54) is 5.39 Å². The topological polar surface area (TPSA) is 33.0 Å². The van der Waals surface area contributed by atoms with Gasteiger partial charge in [-0.15, -0.1) is 0 Å². The van der Waals surface area contributed by atoms with Crippen LogP contribution in [0, 0.1) is 18.5 Å². The molecule has 0 N–H and O–H groups in total. The lowest BCUT2D eigenvalue weighted by atomic mass is 10.0. The number of rotatable bonds is 3. The molecule has 0 spiro atoms. The van der Waals surface area contributed by atoms with Gasteiger partial charge in [-0.3, -0.25) is 0 Å². The van der Waals surface area contributed by atoms with Gasteiger partial charge < -0.3 is 4.74 Å². The smallest absolute Gasteiger partial charge is 0.145 e. The normalized spacial score (nSPS) is 11.3. The summed E-state index contributed by atoms with van der Waals surface area (Å²) in [5.74, 6) is 0.873. The van der Waals surface area contributed by atoms with Crippen molar-refractivity contribution in [2.24, 2.45) is 0 Å². The Kier molecular flexibility index (Phi) is 5.41. The van der Waals surface area contributed by atoms with E-state index >= 15 is 0 Å². The van der Waals surface area contributed by atoms with Crippen molar-refractivity contribution in [3.8, 4) is 11.8 Å². The lowest BCUT2D eigenvalue weighted by Gasteiger charge is -2.08. The minimum absolute atomic E-state index is 0.650. The molecule has 0 aliphatic rings. The summed E-state index contributed by atoms with van der Waals surface area (Å²) >= 11 is 4.51. The Morgan fingerprint density at radius 2 is 1.67 bits per heavy atom. The van der Waals surface area contributed by atoms with Crippen LogP contribution in [-0.4, -0.2) is 7.11 Å². The van der Waals surface area contributed by atoms with Crippen molar-refractivity contribution in [1.82, 2.24) is 0 Å². The van der Waals surface area contributed by atoms with Crippen LogP contribution in [0.1, 0.15) is 11.1 Å². The van der Waals surface area contributed by atoms with Gasteiger partial charge in [0.25, 0.3) is 0 Å². The molecule has 3 rings (SSSR count). The van der Waals surface area contributed by atoms with Crippen molar-refractivity contribution in [2.45, 2.75) is 0 Å². The molecule has 0 radical (unpaired) electrons. The molecule has 0 fully saturated rings. The van der Waals surface area contributed by atoms with Crippen LogP contribution < -0.4 is 4.74 Å². The van der Waals surface area contributed by atoms with Gasteiger partial charge >= 0.3 is 0 Å². The van der Waals surface area contributed by atoms with E-state index in [4.69, 9.17) is 4.74 Å². The van der Waals surface area contributed by atoms with Gasteiger partial charge in [0, 0.05) is 0 Å². The van der Waals surface area contributed by atoms with E-state index in [-0.39, 0.29) is 0 Å². The molecule has 0 saturated carbocycles. The number of ether oxygens (including phenoxy) is 1. The largest absolute Gasteiger partial charge is 0.495 e. The van der Waals surface area contributed by atoms with Crippen LogP contribution in [0.2, 0.25) is 0 Å². The maximum atomic E-state index is 9.61. The number of halogens is 2. The first-order valence-electron chi connectivity index (χ1n) is 7.26. The van der Waals surface area contributed by atoms with Gasteiger partial charge in [-0.25, -0.2) is 0 Å². The molecule has 2 nitrogen and oxygen atoms in total. The summed E-state index contributed by atoms with van der Waals surface area (Å²) < 4.78 is 7.46. The van der Waals surface area contributed by atoms with Crippen molar-refractivity contribution >= 4 is 67.6 Å². The van der Waals surface area contributed by atoms with Crippen LogP contribution in [0.5, 0.6) is 5.75 Å². The Labute approximate surface area is 168 Å². The Bertz CT molecular complexity index is 963. The number of benzene rings is 3. The molecule has 3 aromatic rings. The number of allylic oxidation sites excluding steroid dienone is 1. The number of hydrogen-bond donors (Lipinski definition) is 0. The summed E-state index contributed by atoms with van der Waals surface area (Å²) in [6.45, 7) is 0. The molecule has 24 heavy (non-hydrogen) atoms. The summed E-state index contributed by atoms with van der Waals surface area (Å²) in [6.07, 6.45) is 1.92.